The summed E-state index contributed by atoms with van der Waals surface area (Å²) >= 11 is 0. The number of anilines is 1. The highest BCUT2D eigenvalue weighted by molar-refractivity contribution is 5.68. The van der Waals surface area contributed by atoms with E-state index in [9.17, 15) is 9.90 Å². The van der Waals surface area contributed by atoms with Crippen molar-refractivity contribution in [2.24, 2.45) is 5.41 Å². The lowest BCUT2D eigenvalue weighted by molar-refractivity contribution is 0.0482. The second kappa shape index (κ2) is 18.7. The van der Waals surface area contributed by atoms with Crippen molar-refractivity contribution in [1.29, 1.82) is 0 Å². The molecule has 0 aromatic heterocycles. The maximum Gasteiger partial charge on any atom is 0.407 e. The van der Waals surface area contributed by atoms with Crippen LogP contribution in [0.1, 0.15) is 74.3 Å². The predicted octanol–water partition coefficient (Wildman–Crippen LogP) is 8.82. The van der Waals surface area contributed by atoms with E-state index in [1.807, 2.05) is 141 Å². The van der Waals surface area contributed by atoms with Crippen molar-refractivity contribution in [3.63, 3.8) is 0 Å². The van der Waals surface area contributed by atoms with Gasteiger partial charge in [-0.05, 0) is 62.4 Å². The molecule has 0 saturated heterocycles. The number of amides is 1. The van der Waals surface area contributed by atoms with Crippen molar-refractivity contribution in [3.8, 4) is 17.2 Å². The summed E-state index contributed by atoms with van der Waals surface area (Å²) in [5.41, 5.74) is 0.846. The molecule has 232 valence electrons. The monoisotopic (exact) mass is 580 g/mol. The molecule has 0 aliphatic rings. The Labute approximate surface area is 253 Å². The summed E-state index contributed by atoms with van der Waals surface area (Å²) in [5, 5.41) is 16.2. The third-order valence-electron chi connectivity index (χ3n) is 5.68. The van der Waals surface area contributed by atoms with Crippen LogP contribution in [0.4, 0.5) is 10.5 Å². The van der Waals surface area contributed by atoms with Crippen molar-refractivity contribution in [3.05, 3.63) is 84.4 Å². The molecule has 3 N–H and O–H groups in total. The highest BCUT2D eigenvalue weighted by atomic mass is 16.6. The third kappa shape index (κ3) is 13.8. The first-order valence-corrected chi connectivity index (χ1v) is 14.9. The van der Waals surface area contributed by atoms with E-state index < -0.39 is 11.7 Å². The van der Waals surface area contributed by atoms with Crippen LogP contribution in [0.5, 0.6) is 17.2 Å². The third-order valence-corrected chi connectivity index (χ3v) is 5.68. The average Bonchev–Trinajstić information content (AvgIpc) is 2.97. The van der Waals surface area contributed by atoms with Crippen molar-refractivity contribution < 1.29 is 24.1 Å². The zero-order valence-corrected chi connectivity index (χ0v) is 27.0. The van der Waals surface area contributed by atoms with Gasteiger partial charge < -0.3 is 30.0 Å². The largest absolute Gasteiger partial charge is 0.485 e. The molecule has 1 atom stereocenters. The standard InChI is InChI=1S/C31H40N2O5.2C2H6/c1-30(2,3)38-29(35)33-24(19-31(4,5)22-34)20-32-25-15-9-10-16-26(25)37-28-18-12-11-17-27(28)36-21-23-13-7-6-8-14-23;2*1-2/h6-18,24,32,34H,19-22H2,1-5H3,(H,33,35);2*1-2H3/t24-;;/m0../s1. The molecule has 7 heteroatoms. The maximum absolute atomic E-state index is 12.5. The lowest BCUT2D eigenvalue weighted by Gasteiger charge is -2.30. The Morgan fingerprint density at radius 1 is 0.786 bits per heavy atom. The van der Waals surface area contributed by atoms with Gasteiger partial charge in [0.2, 0.25) is 0 Å². The molecule has 0 radical (unpaired) electrons. The number of benzene rings is 3. The van der Waals surface area contributed by atoms with Gasteiger partial charge in [-0.25, -0.2) is 4.79 Å². The molecule has 3 aromatic rings. The number of hydrogen-bond donors (Lipinski definition) is 3. The van der Waals surface area contributed by atoms with E-state index in [1.165, 1.54) is 0 Å². The van der Waals surface area contributed by atoms with Crippen molar-refractivity contribution >= 4 is 11.8 Å². The second-order valence-corrected chi connectivity index (χ2v) is 11.1. The summed E-state index contributed by atoms with van der Waals surface area (Å²) in [5.74, 6) is 1.86. The van der Waals surface area contributed by atoms with Gasteiger partial charge in [0.1, 0.15) is 12.2 Å². The first kappa shape index (κ1) is 36.3. The number of carbonyl (C=O) groups is 1. The first-order chi connectivity index (χ1) is 20.0. The van der Waals surface area contributed by atoms with Gasteiger partial charge in [0, 0.05) is 13.2 Å². The molecular weight excluding hydrogens is 528 g/mol. The lowest BCUT2D eigenvalue weighted by atomic mass is 9.86. The highest BCUT2D eigenvalue weighted by Crippen LogP contribution is 2.35. The van der Waals surface area contributed by atoms with E-state index in [0.29, 0.717) is 36.8 Å². The van der Waals surface area contributed by atoms with E-state index >= 15 is 0 Å². The molecule has 7 nitrogen and oxygen atoms in total. The number of para-hydroxylation sites is 4. The van der Waals surface area contributed by atoms with Crippen molar-refractivity contribution in [2.75, 3.05) is 18.5 Å². The summed E-state index contributed by atoms with van der Waals surface area (Å²) in [6.45, 7) is 18.2. The Kier molecular flexibility index (Phi) is 16.1. The first-order valence-electron chi connectivity index (χ1n) is 14.9. The summed E-state index contributed by atoms with van der Waals surface area (Å²) < 4.78 is 17.8. The van der Waals surface area contributed by atoms with Crippen LogP contribution in [0.3, 0.4) is 0 Å². The molecule has 3 aromatic carbocycles. The van der Waals surface area contributed by atoms with Crippen LogP contribution in [-0.4, -0.2) is 36.0 Å². The van der Waals surface area contributed by atoms with Crippen LogP contribution in [-0.2, 0) is 11.3 Å². The molecule has 0 bridgehead atoms. The van der Waals surface area contributed by atoms with Crippen LogP contribution in [0.2, 0.25) is 0 Å². The fourth-order valence-electron chi connectivity index (χ4n) is 3.82. The fourth-order valence-corrected chi connectivity index (χ4v) is 3.82. The van der Waals surface area contributed by atoms with Crippen LogP contribution >= 0.6 is 0 Å². The smallest absolute Gasteiger partial charge is 0.407 e. The summed E-state index contributed by atoms with van der Waals surface area (Å²) in [7, 11) is 0. The quantitative estimate of drug-likeness (QED) is 0.198. The van der Waals surface area contributed by atoms with E-state index in [4.69, 9.17) is 14.2 Å². The number of rotatable bonds is 12. The van der Waals surface area contributed by atoms with Crippen molar-refractivity contribution in [2.45, 2.75) is 87.0 Å². The molecular formula is C35H52N2O5. The van der Waals surface area contributed by atoms with Gasteiger partial charge in [0.05, 0.1) is 11.7 Å². The van der Waals surface area contributed by atoms with Crippen LogP contribution in [0, 0.1) is 5.41 Å². The lowest BCUT2D eigenvalue weighted by Crippen LogP contribution is -2.45. The normalized spacial score (nSPS) is 11.5. The summed E-state index contributed by atoms with van der Waals surface area (Å²) in [6.07, 6.45) is 0.0571. The number of carbonyl (C=O) groups excluding carboxylic acids is 1. The molecule has 0 spiro atoms. The van der Waals surface area contributed by atoms with Gasteiger partial charge in [-0.1, -0.05) is 96.1 Å². The van der Waals surface area contributed by atoms with Crippen LogP contribution < -0.4 is 20.1 Å². The summed E-state index contributed by atoms with van der Waals surface area (Å²) in [4.78, 5) is 12.5. The number of nitrogens with one attached hydrogen (secondary N) is 2. The van der Waals surface area contributed by atoms with Gasteiger partial charge >= 0.3 is 6.09 Å². The van der Waals surface area contributed by atoms with E-state index in [0.717, 1.165) is 11.3 Å². The minimum absolute atomic E-state index is 0.00103. The Morgan fingerprint density at radius 3 is 1.93 bits per heavy atom. The maximum atomic E-state index is 12.5. The van der Waals surface area contributed by atoms with Gasteiger partial charge in [0.25, 0.3) is 0 Å². The van der Waals surface area contributed by atoms with Crippen LogP contribution in [0.15, 0.2) is 78.9 Å². The van der Waals surface area contributed by atoms with E-state index in [-0.39, 0.29) is 18.1 Å². The molecule has 0 saturated carbocycles. The van der Waals surface area contributed by atoms with Gasteiger partial charge in [0.15, 0.2) is 17.2 Å². The molecule has 42 heavy (non-hydrogen) atoms. The highest BCUT2D eigenvalue weighted by Gasteiger charge is 2.26. The number of hydrogen-bond acceptors (Lipinski definition) is 6. The number of alkyl carbamates (subject to hydrolysis) is 1. The average molecular weight is 581 g/mol. The Hall–Kier alpha value is -3.71. The Morgan fingerprint density at radius 2 is 1.33 bits per heavy atom. The van der Waals surface area contributed by atoms with E-state index in [1.54, 1.807) is 0 Å². The fraction of sp³-hybridized carbons (Fsp3) is 0.457. The molecule has 0 aliphatic carbocycles. The van der Waals surface area contributed by atoms with Crippen LogP contribution in [0.25, 0.3) is 0 Å². The number of ether oxygens (including phenoxy) is 3. The Balaban J connectivity index is 0.00000211. The zero-order valence-electron chi connectivity index (χ0n) is 27.0. The molecule has 0 unspecified atom stereocenters. The molecule has 1 amide bonds. The minimum Gasteiger partial charge on any atom is -0.485 e. The second-order valence-electron chi connectivity index (χ2n) is 11.1. The zero-order chi connectivity index (χ0) is 31.6. The van der Waals surface area contributed by atoms with Gasteiger partial charge in [-0.2, -0.15) is 0 Å². The molecule has 0 heterocycles. The predicted molar refractivity (Wildman–Crippen MR) is 174 cm³/mol. The SMILES string of the molecule is CC.CC.CC(C)(CO)C[C@@H](CNc1ccccc1Oc1ccccc1OCc1ccccc1)NC(=O)OC(C)(C)C. The van der Waals surface area contributed by atoms with Crippen molar-refractivity contribution in [1.82, 2.24) is 5.32 Å². The molecule has 0 aliphatic heterocycles. The Bertz CT molecular complexity index is 1160. The minimum atomic E-state index is -0.606. The van der Waals surface area contributed by atoms with Gasteiger partial charge in [-0.3, -0.25) is 0 Å². The summed E-state index contributed by atoms with van der Waals surface area (Å²) in [6, 6.07) is 24.9. The molecule has 0 fully saturated rings. The topological polar surface area (TPSA) is 89.0 Å². The number of aliphatic hydroxyl groups is 1. The number of aliphatic hydroxyl groups excluding tert-OH is 1. The van der Waals surface area contributed by atoms with Gasteiger partial charge in [-0.15, -0.1) is 0 Å². The molecule has 3 rings (SSSR count). The van der Waals surface area contributed by atoms with E-state index in [2.05, 4.69) is 10.6 Å².